The fraction of sp³-hybridized carbons (Fsp3) is 0.667. The van der Waals surface area contributed by atoms with E-state index in [1.807, 2.05) is 0 Å². The zero-order chi connectivity index (χ0) is 14.0. The molecule has 7 heteroatoms. The van der Waals surface area contributed by atoms with Gasteiger partial charge in [0.1, 0.15) is 5.76 Å². The van der Waals surface area contributed by atoms with Gasteiger partial charge in [0, 0.05) is 20.2 Å². The number of piperidine rings is 1. The van der Waals surface area contributed by atoms with Gasteiger partial charge in [0.15, 0.2) is 0 Å². The number of hydrogen-bond donors (Lipinski definition) is 0. The summed E-state index contributed by atoms with van der Waals surface area (Å²) in [4.78, 5) is 0. The van der Waals surface area contributed by atoms with Crippen LogP contribution in [0.3, 0.4) is 0 Å². The summed E-state index contributed by atoms with van der Waals surface area (Å²) in [5.74, 6) is 0.966. The Labute approximate surface area is 118 Å². The van der Waals surface area contributed by atoms with Gasteiger partial charge in [-0.25, -0.2) is 8.42 Å². The van der Waals surface area contributed by atoms with Gasteiger partial charge in [-0.1, -0.05) is 6.92 Å². The Hall–Kier alpha value is -0.560. The summed E-state index contributed by atoms with van der Waals surface area (Å²) in [6, 6.07) is 3.03. The van der Waals surface area contributed by atoms with Crippen LogP contribution in [-0.4, -0.2) is 39.0 Å². The van der Waals surface area contributed by atoms with E-state index in [-0.39, 0.29) is 17.1 Å². The molecule has 0 radical (unpaired) electrons. The fourth-order valence-corrected chi connectivity index (χ4v) is 3.77. The van der Waals surface area contributed by atoms with Gasteiger partial charge < -0.3 is 9.15 Å². The van der Waals surface area contributed by atoms with Crippen LogP contribution < -0.4 is 0 Å². The van der Waals surface area contributed by atoms with Crippen molar-refractivity contribution in [3.63, 3.8) is 0 Å². The molecule has 2 atom stereocenters. The monoisotopic (exact) mass is 307 g/mol. The van der Waals surface area contributed by atoms with Crippen LogP contribution in [-0.2, 0) is 20.6 Å². The number of halogens is 1. The Morgan fingerprint density at radius 2 is 2.26 bits per heavy atom. The van der Waals surface area contributed by atoms with Gasteiger partial charge in [-0.15, -0.1) is 11.6 Å². The van der Waals surface area contributed by atoms with Crippen LogP contribution in [0.2, 0.25) is 0 Å². The first kappa shape index (κ1) is 14.8. The van der Waals surface area contributed by atoms with Crippen LogP contribution in [0, 0.1) is 5.92 Å². The molecule has 1 aromatic rings. The van der Waals surface area contributed by atoms with E-state index in [1.165, 1.54) is 10.4 Å². The first-order valence-electron chi connectivity index (χ1n) is 6.16. The van der Waals surface area contributed by atoms with Crippen LogP contribution in [0.15, 0.2) is 21.6 Å². The largest absolute Gasteiger partial charge is 0.447 e. The first-order chi connectivity index (χ1) is 8.98. The minimum absolute atomic E-state index is 0.0486. The molecule has 19 heavy (non-hydrogen) atoms. The third kappa shape index (κ3) is 2.97. The van der Waals surface area contributed by atoms with E-state index >= 15 is 0 Å². The third-order valence-corrected chi connectivity index (χ3v) is 5.52. The lowest BCUT2D eigenvalue weighted by atomic mass is 9.97. The number of methoxy groups -OCH3 is 1. The van der Waals surface area contributed by atoms with Gasteiger partial charge in [-0.05, 0) is 24.5 Å². The zero-order valence-electron chi connectivity index (χ0n) is 11.0. The van der Waals surface area contributed by atoms with Crippen LogP contribution in [0.1, 0.15) is 19.1 Å². The molecule has 0 N–H and O–H groups in total. The lowest BCUT2D eigenvalue weighted by molar-refractivity contribution is 0.0180. The topological polar surface area (TPSA) is 59.8 Å². The molecule has 0 amide bonds. The van der Waals surface area contributed by atoms with Crippen LogP contribution in [0.4, 0.5) is 0 Å². The molecule has 0 saturated carbocycles. The van der Waals surface area contributed by atoms with Crippen LogP contribution in [0.25, 0.3) is 0 Å². The molecular formula is C12H18ClNO4S. The third-order valence-electron chi connectivity index (χ3n) is 3.52. The van der Waals surface area contributed by atoms with Crippen molar-refractivity contribution in [2.75, 3.05) is 20.2 Å². The Kier molecular flexibility index (Phi) is 4.55. The average Bonchev–Trinajstić information content (AvgIpc) is 2.88. The van der Waals surface area contributed by atoms with Crippen molar-refractivity contribution in [3.8, 4) is 0 Å². The number of nitrogens with zero attached hydrogens (tertiary/aromatic N) is 1. The van der Waals surface area contributed by atoms with E-state index in [2.05, 4.69) is 6.92 Å². The number of rotatable bonds is 4. The maximum Gasteiger partial charge on any atom is 0.276 e. The molecule has 1 aliphatic heterocycles. The van der Waals surface area contributed by atoms with Crippen molar-refractivity contribution in [1.82, 2.24) is 4.31 Å². The van der Waals surface area contributed by atoms with E-state index in [0.717, 1.165) is 6.42 Å². The number of furan rings is 1. The van der Waals surface area contributed by atoms with E-state index in [0.29, 0.717) is 24.8 Å². The summed E-state index contributed by atoms with van der Waals surface area (Å²) < 4.78 is 36.8. The summed E-state index contributed by atoms with van der Waals surface area (Å²) in [6.45, 7) is 2.91. The fourth-order valence-electron chi connectivity index (χ4n) is 2.23. The van der Waals surface area contributed by atoms with Gasteiger partial charge in [0.05, 0.1) is 12.0 Å². The summed E-state index contributed by atoms with van der Waals surface area (Å²) >= 11 is 5.62. The predicted molar refractivity (Wildman–Crippen MR) is 71.6 cm³/mol. The second kappa shape index (κ2) is 5.83. The molecule has 0 spiro atoms. The van der Waals surface area contributed by atoms with Gasteiger partial charge in [-0.2, -0.15) is 4.31 Å². The van der Waals surface area contributed by atoms with E-state index in [4.69, 9.17) is 20.8 Å². The quantitative estimate of drug-likeness (QED) is 0.799. The van der Waals surface area contributed by atoms with Crippen molar-refractivity contribution in [2.24, 2.45) is 5.92 Å². The molecule has 2 heterocycles. The van der Waals surface area contributed by atoms with Gasteiger partial charge in [0.25, 0.3) is 10.0 Å². The molecule has 0 aliphatic carbocycles. The lowest BCUT2D eigenvalue weighted by Crippen LogP contribution is -2.46. The summed E-state index contributed by atoms with van der Waals surface area (Å²) in [6.07, 6.45) is 0.701. The molecule has 2 unspecified atom stereocenters. The number of ether oxygens (including phenoxy) is 1. The molecule has 1 saturated heterocycles. The molecule has 0 bridgehead atoms. The minimum atomic E-state index is -3.59. The summed E-state index contributed by atoms with van der Waals surface area (Å²) in [5, 5.41) is -0.0486. The molecule has 0 aromatic carbocycles. The molecule has 1 aliphatic rings. The SMILES string of the molecule is COC1CN(S(=O)(=O)c2ccc(CCl)o2)CCC1C. The van der Waals surface area contributed by atoms with E-state index in [9.17, 15) is 8.42 Å². The molecule has 1 aromatic heterocycles. The molecule has 1 fully saturated rings. The normalized spacial score (nSPS) is 25.6. The van der Waals surface area contributed by atoms with Crippen LogP contribution in [0.5, 0.6) is 0 Å². The second-order valence-corrected chi connectivity index (χ2v) is 6.89. The Morgan fingerprint density at radius 1 is 1.53 bits per heavy atom. The second-order valence-electron chi connectivity index (χ2n) is 4.76. The molecule has 5 nitrogen and oxygen atoms in total. The van der Waals surface area contributed by atoms with E-state index in [1.54, 1.807) is 13.2 Å². The Bertz CT molecular complexity index is 528. The Morgan fingerprint density at radius 3 is 2.84 bits per heavy atom. The van der Waals surface area contributed by atoms with Crippen molar-refractivity contribution >= 4 is 21.6 Å². The minimum Gasteiger partial charge on any atom is -0.447 e. The van der Waals surface area contributed by atoms with Crippen molar-refractivity contribution in [2.45, 2.75) is 30.4 Å². The molecule has 2 rings (SSSR count). The van der Waals surface area contributed by atoms with Gasteiger partial charge >= 0.3 is 0 Å². The highest BCUT2D eigenvalue weighted by Gasteiger charge is 2.35. The van der Waals surface area contributed by atoms with Crippen LogP contribution >= 0.6 is 11.6 Å². The number of hydrogen-bond acceptors (Lipinski definition) is 4. The van der Waals surface area contributed by atoms with Gasteiger partial charge in [0.2, 0.25) is 5.09 Å². The first-order valence-corrected chi connectivity index (χ1v) is 8.14. The summed E-state index contributed by atoms with van der Waals surface area (Å²) in [7, 11) is -1.98. The Balaban J connectivity index is 2.20. The number of sulfonamides is 1. The zero-order valence-corrected chi connectivity index (χ0v) is 12.6. The summed E-state index contributed by atoms with van der Waals surface area (Å²) in [5.41, 5.74) is 0. The maximum absolute atomic E-state index is 12.4. The lowest BCUT2D eigenvalue weighted by Gasteiger charge is -2.34. The number of alkyl halides is 1. The average molecular weight is 308 g/mol. The van der Waals surface area contributed by atoms with Crippen molar-refractivity contribution in [1.29, 1.82) is 0 Å². The van der Waals surface area contributed by atoms with Crippen molar-refractivity contribution < 1.29 is 17.6 Å². The standard InChI is InChI=1S/C12H18ClNO4S/c1-9-5-6-14(8-11(9)17-2)19(15,16)12-4-3-10(7-13)18-12/h3-4,9,11H,5-8H2,1-2H3. The van der Waals surface area contributed by atoms with Gasteiger partial charge in [-0.3, -0.25) is 0 Å². The smallest absolute Gasteiger partial charge is 0.276 e. The highest BCUT2D eigenvalue weighted by atomic mass is 35.5. The maximum atomic E-state index is 12.4. The molecule has 108 valence electrons. The predicted octanol–water partition coefficient (Wildman–Crippen LogP) is 2.06. The highest BCUT2D eigenvalue weighted by molar-refractivity contribution is 7.89. The van der Waals surface area contributed by atoms with Crippen molar-refractivity contribution in [3.05, 3.63) is 17.9 Å². The van der Waals surface area contributed by atoms with E-state index < -0.39 is 10.0 Å². The highest BCUT2D eigenvalue weighted by Crippen LogP contribution is 2.26. The molecular weight excluding hydrogens is 290 g/mol.